The van der Waals surface area contributed by atoms with Crippen molar-refractivity contribution < 1.29 is 14.3 Å². The van der Waals surface area contributed by atoms with Crippen molar-refractivity contribution in [2.75, 3.05) is 11.9 Å². The van der Waals surface area contributed by atoms with Crippen LogP contribution in [-0.2, 0) is 9.53 Å². The Labute approximate surface area is 163 Å². The molecule has 7 nitrogen and oxygen atoms in total. The number of hydrogen-bond acceptors (Lipinski definition) is 5. The van der Waals surface area contributed by atoms with E-state index in [4.69, 9.17) is 4.74 Å². The molecule has 132 valence electrons. The van der Waals surface area contributed by atoms with Gasteiger partial charge in [-0.25, -0.2) is 14.5 Å². The van der Waals surface area contributed by atoms with Crippen molar-refractivity contribution in [2.45, 2.75) is 6.92 Å². The van der Waals surface area contributed by atoms with Crippen LogP contribution in [0.15, 0.2) is 54.9 Å². The third-order valence-electron chi connectivity index (χ3n) is 3.58. The van der Waals surface area contributed by atoms with Crippen LogP contribution in [0.25, 0.3) is 5.82 Å². The highest BCUT2D eigenvalue weighted by atomic mass is 127. The molecule has 3 aromatic rings. The topological polar surface area (TPSA) is 86.1 Å². The minimum atomic E-state index is -0.609. The SMILES string of the molecule is Cc1c(C(=O)OCC(=O)Nc2ccccc2I)cnn1-c1ccccn1. The Hall–Kier alpha value is -2.75. The molecule has 0 aliphatic carbocycles. The number of hydrogen-bond donors (Lipinski definition) is 1. The Balaban J connectivity index is 1.63. The summed E-state index contributed by atoms with van der Waals surface area (Å²) in [4.78, 5) is 28.4. The summed E-state index contributed by atoms with van der Waals surface area (Å²) in [5, 5.41) is 6.87. The van der Waals surface area contributed by atoms with Crippen LogP contribution in [0.4, 0.5) is 5.69 Å². The van der Waals surface area contributed by atoms with E-state index in [1.54, 1.807) is 36.0 Å². The van der Waals surface area contributed by atoms with Crippen molar-refractivity contribution in [2.24, 2.45) is 0 Å². The number of aromatic nitrogens is 3. The maximum Gasteiger partial charge on any atom is 0.342 e. The highest BCUT2D eigenvalue weighted by molar-refractivity contribution is 14.1. The van der Waals surface area contributed by atoms with Crippen LogP contribution in [0.3, 0.4) is 0 Å². The second kappa shape index (κ2) is 8.09. The number of carbonyl (C=O) groups is 2. The maximum absolute atomic E-state index is 12.3. The zero-order chi connectivity index (χ0) is 18.5. The molecule has 2 heterocycles. The second-order valence-corrected chi connectivity index (χ2v) is 6.51. The van der Waals surface area contributed by atoms with Gasteiger partial charge in [-0.15, -0.1) is 0 Å². The van der Waals surface area contributed by atoms with Gasteiger partial charge in [-0.1, -0.05) is 18.2 Å². The minimum absolute atomic E-state index is 0.290. The Kier molecular flexibility index (Phi) is 5.61. The minimum Gasteiger partial charge on any atom is -0.452 e. The summed E-state index contributed by atoms with van der Waals surface area (Å²) >= 11 is 2.12. The van der Waals surface area contributed by atoms with Gasteiger partial charge < -0.3 is 10.1 Å². The lowest BCUT2D eigenvalue weighted by atomic mass is 10.2. The molecule has 0 aliphatic rings. The van der Waals surface area contributed by atoms with Crippen LogP contribution in [0.2, 0.25) is 0 Å². The number of benzene rings is 1. The van der Waals surface area contributed by atoms with Crippen molar-refractivity contribution in [3.05, 3.63) is 69.7 Å². The zero-order valence-electron chi connectivity index (χ0n) is 13.8. The van der Waals surface area contributed by atoms with Crippen LogP contribution in [0.5, 0.6) is 0 Å². The summed E-state index contributed by atoms with van der Waals surface area (Å²) in [5.41, 5.74) is 1.55. The number of halogens is 1. The van der Waals surface area contributed by atoms with E-state index in [0.29, 0.717) is 17.2 Å². The lowest BCUT2D eigenvalue weighted by molar-refractivity contribution is -0.119. The van der Waals surface area contributed by atoms with Crippen LogP contribution in [0.1, 0.15) is 16.1 Å². The van der Waals surface area contributed by atoms with Crippen LogP contribution < -0.4 is 5.32 Å². The summed E-state index contributed by atoms with van der Waals surface area (Å²) in [6.07, 6.45) is 3.05. The molecule has 0 fully saturated rings. The largest absolute Gasteiger partial charge is 0.452 e. The van der Waals surface area contributed by atoms with Crippen molar-refractivity contribution in [3.63, 3.8) is 0 Å². The number of para-hydroxylation sites is 1. The highest BCUT2D eigenvalue weighted by Crippen LogP contribution is 2.17. The molecule has 1 amide bonds. The molecular formula is C18H15IN4O3. The van der Waals surface area contributed by atoms with Gasteiger partial charge in [0.1, 0.15) is 5.56 Å². The van der Waals surface area contributed by atoms with Crippen LogP contribution >= 0.6 is 22.6 Å². The molecule has 0 spiro atoms. The van der Waals surface area contributed by atoms with Crippen molar-refractivity contribution in [1.82, 2.24) is 14.8 Å². The normalized spacial score (nSPS) is 10.4. The molecule has 3 rings (SSSR count). The van der Waals surface area contributed by atoms with Crippen molar-refractivity contribution >= 4 is 40.2 Å². The lowest BCUT2D eigenvalue weighted by Crippen LogP contribution is -2.21. The van der Waals surface area contributed by atoms with E-state index in [1.807, 2.05) is 24.3 Å². The first-order valence-electron chi connectivity index (χ1n) is 7.74. The quantitative estimate of drug-likeness (QED) is 0.466. The van der Waals surface area contributed by atoms with Gasteiger partial charge in [0.05, 0.1) is 17.6 Å². The summed E-state index contributed by atoms with van der Waals surface area (Å²) in [6.45, 7) is 1.36. The smallest absolute Gasteiger partial charge is 0.342 e. The predicted molar refractivity (Wildman–Crippen MR) is 104 cm³/mol. The molecule has 0 saturated heterocycles. The van der Waals surface area contributed by atoms with Gasteiger partial charge in [-0.2, -0.15) is 5.10 Å². The number of nitrogens with zero attached hydrogens (tertiary/aromatic N) is 3. The number of amides is 1. The molecule has 0 saturated carbocycles. The predicted octanol–water partition coefficient (Wildman–Crippen LogP) is 2.98. The number of carbonyl (C=O) groups excluding carboxylic acids is 2. The number of nitrogens with one attached hydrogen (secondary N) is 1. The van der Waals surface area contributed by atoms with Gasteiger partial charge >= 0.3 is 5.97 Å². The molecule has 2 aromatic heterocycles. The fourth-order valence-corrected chi connectivity index (χ4v) is 2.80. The van der Waals surface area contributed by atoms with E-state index < -0.39 is 11.9 Å². The first kappa shape index (κ1) is 18.1. The number of esters is 1. The Morgan fingerprint density at radius 1 is 1.19 bits per heavy atom. The molecule has 0 bridgehead atoms. The molecule has 1 aromatic carbocycles. The standard InChI is InChI=1S/C18H15IN4O3/c1-12-13(10-21-23(12)16-8-4-5-9-20-16)18(25)26-11-17(24)22-15-7-3-2-6-14(15)19/h2-10H,11H2,1H3,(H,22,24). The van der Waals surface area contributed by atoms with E-state index in [9.17, 15) is 9.59 Å². The molecule has 8 heteroatoms. The molecule has 0 unspecified atom stereocenters. The number of pyridine rings is 1. The van der Waals surface area contributed by atoms with Crippen LogP contribution in [0, 0.1) is 10.5 Å². The number of ether oxygens (including phenoxy) is 1. The monoisotopic (exact) mass is 462 g/mol. The first-order chi connectivity index (χ1) is 12.6. The summed E-state index contributed by atoms with van der Waals surface area (Å²) in [6, 6.07) is 12.8. The molecule has 0 atom stereocenters. The number of anilines is 1. The number of rotatable bonds is 5. The fraction of sp³-hybridized carbons (Fsp3) is 0.111. The Morgan fingerprint density at radius 3 is 2.69 bits per heavy atom. The van der Waals surface area contributed by atoms with Crippen molar-refractivity contribution in [3.8, 4) is 5.82 Å². The van der Waals surface area contributed by atoms with Gasteiger partial charge in [0.25, 0.3) is 5.91 Å². The summed E-state index contributed by atoms with van der Waals surface area (Å²) in [7, 11) is 0. The summed E-state index contributed by atoms with van der Waals surface area (Å²) in [5.74, 6) is -0.416. The van der Waals surface area contributed by atoms with Gasteiger partial charge in [0.15, 0.2) is 12.4 Å². The van der Waals surface area contributed by atoms with Crippen LogP contribution in [-0.4, -0.2) is 33.2 Å². The first-order valence-corrected chi connectivity index (χ1v) is 8.81. The van der Waals surface area contributed by atoms with E-state index >= 15 is 0 Å². The third-order valence-corrected chi connectivity index (χ3v) is 4.52. The molecule has 26 heavy (non-hydrogen) atoms. The van der Waals surface area contributed by atoms with Crippen molar-refractivity contribution in [1.29, 1.82) is 0 Å². The van der Waals surface area contributed by atoms with Gasteiger partial charge in [-0.3, -0.25) is 4.79 Å². The van der Waals surface area contributed by atoms with E-state index in [2.05, 4.69) is 38.0 Å². The lowest BCUT2D eigenvalue weighted by Gasteiger charge is -2.08. The highest BCUT2D eigenvalue weighted by Gasteiger charge is 2.18. The Morgan fingerprint density at radius 2 is 1.96 bits per heavy atom. The average molecular weight is 462 g/mol. The molecule has 1 N–H and O–H groups in total. The Bertz CT molecular complexity index is 941. The zero-order valence-corrected chi connectivity index (χ0v) is 16.0. The van der Waals surface area contributed by atoms with E-state index in [-0.39, 0.29) is 12.2 Å². The van der Waals surface area contributed by atoms with E-state index in [1.165, 1.54) is 6.20 Å². The maximum atomic E-state index is 12.3. The van der Waals surface area contributed by atoms with E-state index in [0.717, 1.165) is 3.57 Å². The average Bonchev–Trinajstić information content (AvgIpc) is 3.04. The van der Waals surface area contributed by atoms with Gasteiger partial charge in [0, 0.05) is 9.77 Å². The summed E-state index contributed by atoms with van der Waals surface area (Å²) < 4.78 is 7.55. The molecule has 0 radical (unpaired) electrons. The third kappa shape index (κ3) is 4.07. The second-order valence-electron chi connectivity index (χ2n) is 5.35. The van der Waals surface area contributed by atoms with Gasteiger partial charge in [-0.05, 0) is 53.8 Å². The van der Waals surface area contributed by atoms with Gasteiger partial charge in [0.2, 0.25) is 0 Å². The fourth-order valence-electron chi connectivity index (χ4n) is 2.28. The molecular weight excluding hydrogens is 447 g/mol. The molecule has 0 aliphatic heterocycles.